The molecule has 0 aliphatic rings. The second-order valence-corrected chi connectivity index (χ2v) is 16.5. The van der Waals surface area contributed by atoms with Crippen molar-refractivity contribution < 1.29 is 24.5 Å². The molecule has 0 bridgehead atoms. The fourth-order valence-electron chi connectivity index (χ4n) is 7.24. The molecule has 0 spiro atoms. The molecular formula is C50H93NO5. The van der Waals surface area contributed by atoms with E-state index in [1.54, 1.807) is 0 Å². The number of ether oxygens (including phenoxy) is 1. The average molecular weight is 788 g/mol. The molecule has 0 aromatic rings. The van der Waals surface area contributed by atoms with Crippen LogP contribution in [0.25, 0.3) is 0 Å². The number of esters is 1. The Balaban J connectivity index is 4.60. The predicted octanol–water partition coefficient (Wildman–Crippen LogP) is 14.1. The Morgan fingerprint density at radius 1 is 0.518 bits per heavy atom. The van der Waals surface area contributed by atoms with E-state index in [0.717, 1.165) is 70.6 Å². The molecule has 0 aliphatic carbocycles. The highest BCUT2D eigenvalue weighted by Gasteiger charge is 2.24. The third-order valence-electron chi connectivity index (χ3n) is 11.0. The normalized spacial score (nSPS) is 13.6. The summed E-state index contributed by atoms with van der Waals surface area (Å²) < 4.78 is 5.91. The SMILES string of the molecule is CCCCC/C=C/C=C/CCCCCCCCC(=O)OC(CCCCCCC/C=C\CCCCCC)CC(=O)NC(CO)C(O)CCCCCCCCCCC. The first-order valence-electron chi connectivity index (χ1n) is 24.2. The third kappa shape index (κ3) is 38.9. The second-order valence-electron chi connectivity index (χ2n) is 16.5. The van der Waals surface area contributed by atoms with Crippen LogP contribution in [0.15, 0.2) is 36.5 Å². The highest BCUT2D eigenvalue weighted by molar-refractivity contribution is 5.77. The summed E-state index contributed by atoms with van der Waals surface area (Å²) >= 11 is 0. The molecule has 0 radical (unpaired) electrons. The topological polar surface area (TPSA) is 95.9 Å². The summed E-state index contributed by atoms with van der Waals surface area (Å²) in [4.78, 5) is 26.0. The summed E-state index contributed by atoms with van der Waals surface area (Å²) in [5.74, 6) is -0.492. The molecule has 56 heavy (non-hydrogen) atoms. The van der Waals surface area contributed by atoms with Gasteiger partial charge in [0.15, 0.2) is 0 Å². The Kier molecular flexibility index (Phi) is 42.7. The van der Waals surface area contributed by atoms with Crippen LogP contribution in [-0.4, -0.2) is 46.9 Å². The van der Waals surface area contributed by atoms with E-state index in [0.29, 0.717) is 19.3 Å². The molecule has 3 atom stereocenters. The molecule has 0 rings (SSSR count). The molecule has 0 saturated heterocycles. The lowest BCUT2D eigenvalue weighted by molar-refractivity contribution is -0.151. The minimum Gasteiger partial charge on any atom is -0.462 e. The number of allylic oxidation sites excluding steroid dienone is 6. The summed E-state index contributed by atoms with van der Waals surface area (Å²) in [5, 5.41) is 23.6. The van der Waals surface area contributed by atoms with Gasteiger partial charge in [0.05, 0.1) is 25.2 Å². The number of hydrogen-bond donors (Lipinski definition) is 3. The lowest BCUT2D eigenvalue weighted by Gasteiger charge is -2.24. The first-order valence-corrected chi connectivity index (χ1v) is 24.2. The predicted molar refractivity (Wildman–Crippen MR) is 241 cm³/mol. The zero-order valence-corrected chi connectivity index (χ0v) is 37.3. The van der Waals surface area contributed by atoms with Crippen LogP contribution in [0.1, 0.15) is 245 Å². The monoisotopic (exact) mass is 788 g/mol. The molecule has 0 aliphatic heterocycles. The van der Waals surface area contributed by atoms with Gasteiger partial charge < -0.3 is 20.3 Å². The van der Waals surface area contributed by atoms with E-state index in [2.05, 4.69) is 62.5 Å². The van der Waals surface area contributed by atoms with E-state index in [4.69, 9.17) is 4.74 Å². The van der Waals surface area contributed by atoms with Gasteiger partial charge in [-0.15, -0.1) is 0 Å². The fraction of sp³-hybridized carbons (Fsp3) is 0.840. The number of carbonyl (C=O) groups excluding carboxylic acids is 2. The standard InChI is InChI=1S/C50H93NO5/c1-4-7-10-13-16-19-21-23-24-26-28-31-34-37-40-43-50(55)56-46(41-38-35-32-30-27-25-22-20-17-14-11-8-5-2)44-49(54)51-47(45-52)48(53)42-39-36-33-29-18-15-12-9-6-3/h16,19-23,46-48,52-53H,4-15,17-18,24-45H2,1-3H3,(H,51,54)/b19-16+,22-20-,23-21+. The lowest BCUT2D eigenvalue weighted by atomic mass is 10.0. The van der Waals surface area contributed by atoms with Gasteiger partial charge in [0.25, 0.3) is 0 Å². The largest absolute Gasteiger partial charge is 0.462 e. The molecule has 6 nitrogen and oxygen atoms in total. The van der Waals surface area contributed by atoms with Crippen molar-refractivity contribution in [3.8, 4) is 0 Å². The summed E-state index contributed by atoms with van der Waals surface area (Å²) in [5.41, 5.74) is 0. The van der Waals surface area contributed by atoms with Crippen molar-refractivity contribution in [2.24, 2.45) is 0 Å². The molecule has 328 valence electrons. The third-order valence-corrected chi connectivity index (χ3v) is 11.0. The summed E-state index contributed by atoms with van der Waals surface area (Å²) in [6.07, 6.45) is 50.6. The minimum absolute atomic E-state index is 0.0686. The van der Waals surface area contributed by atoms with Crippen LogP contribution in [0.3, 0.4) is 0 Å². The van der Waals surface area contributed by atoms with Crippen LogP contribution in [-0.2, 0) is 14.3 Å². The smallest absolute Gasteiger partial charge is 0.306 e. The molecular weight excluding hydrogens is 695 g/mol. The Hall–Kier alpha value is -1.92. The van der Waals surface area contributed by atoms with Gasteiger partial charge in [-0.2, -0.15) is 0 Å². The van der Waals surface area contributed by atoms with Crippen molar-refractivity contribution in [3.05, 3.63) is 36.5 Å². The highest BCUT2D eigenvalue weighted by Crippen LogP contribution is 2.17. The summed E-state index contributed by atoms with van der Waals surface area (Å²) in [6, 6.07) is -0.702. The van der Waals surface area contributed by atoms with Crippen molar-refractivity contribution in [1.29, 1.82) is 0 Å². The zero-order valence-electron chi connectivity index (χ0n) is 37.3. The van der Waals surface area contributed by atoms with Gasteiger partial charge in [0, 0.05) is 6.42 Å². The van der Waals surface area contributed by atoms with Gasteiger partial charge in [0.1, 0.15) is 6.10 Å². The molecule has 0 aromatic heterocycles. The Bertz CT molecular complexity index is 930. The van der Waals surface area contributed by atoms with E-state index in [1.807, 2.05) is 0 Å². The second kappa shape index (κ2) is 44.2. The molecule has 3 unspecified atom stereocenters. The molecule has 1 amide bonds. The van der Waals surface area contributed by atoms with Crippen LogP contribution >= 0.6 is 0 Å². The van der Waals surface area contributed by atoms with Crippen LogP contribution in [0, 0.1) is 0 Å². The van der Waals surface area contributed by atoms with E-state index in [-0.39, 0.29) is 24.9 Å². The fourth-order valence-corrected chi connectivity index (χ4v) is 7.24. The quantitative estimate of drug-likeness (QED) is 0.0247. The highest BCUT2D eigenvalue weighted by atomic mass is 16.5. The molecule has 0 heterocycles. The van der Waals surface area contributed by atoms with Crippen molar-refractivity contribution in [3.63, 3.8) is 0 Å². The Morgan fingerprint density at radius 3 is 1.43 bits per heavy atom. The van der Waals surface area contributed by atoms with Crippen molar-refractivity contribution >= 4 is 11.9 Å². The number of nitrogens with one attached hydrogen (secondary N) is 1. The van der Waals surface area contributed by atoms with Crippen LogP contribution in [0.2, 0.25) is 0 Å². The maximum absolute atomic E-state index is 13.1. The molecule has 3 N–H and O–H groups in total. The minimum atomic E-state index is -0.788. The lowest BCUT2D eigenvalue weighted by Crippen LogP contribution is -2.46. The first-order chi connectivity index (χ1) is 27.5. The number of carbonyl (C=O) groups is 2. The number of rotatable bonds is 43. The number of hydrogen-bond acceptors (Lipinski definition) is 5. The maximum atomic E-state index is 13.1. The van der Waals surface area contributed by atoms with Crippen molar-refractivity contribution in [2.45, 2.75) is 264 Å². The van der Waals surface area contributed by atoms with Crippen molar-refractivity contribution in [2.75, 3.05) is 6.61 Å². The first kappa shape index (κ1) is 54.1. The molecule has 0 saturated carbocycles. The Morgan fingerprint density at radius 2 is 0.911 bits per heavy atom. The van der Waals surface area contributed by atoms with Crippen molar-refractivity contribution in [1.82, 2.24) is 5.32 Å². The average Bonchev–Trinajstić information content (AvgIpc) is 3.19. The van der Waals surface area contributed by atoms with Gasteiger partial charge in [-0.1, -0.05) is 192 Å². The van der Waals surface area contributed by atoms with Gasteiger partial charge in [-0.25, -0.2) is 0 Å². The number of amides is 1. The van der Waals surface area contributed by atoms with Crippen LogP contribution < -0.4 is 5.32 Å². The zero-order chi connectivity index (χ0) is 41.0. The Labute approximate surface area is 347 Å². The molecule has 0 aromatic carbocycles. The number of unbranched alkanes of at least 4 members (excludes halogenated alkanes) is 26. The molecule has 0 fully saturated rings. The van der Waals surface area contributed by atoms with Crippen LogP contribution in [0.4, 0.5) is 0 Å². The number of aliphatic hydroxyl groups is 2. The van der Waals surface area contributed by atoms with Crippen LogP contribution in [0.5, 0.6) is 0 Å². The van der Waals surface area contributed by atoms with E-state index < -0.39 is 18.2 Å². The van der Waals surface area contributed by atoms with Gasteiger partial charge in [-0.3, -0.25) is 9.59 Å². The van der Waals surface area contributed by atoms with Gasteiger partial charge >= 0.3 is 5.97 Å². The maximum Gasteiger partial charge on any atom is 0.306 e. The van der Waals surface area contributed by atoms with E-state index in [1.165, 1.54) is 128 Å². The van der Waals surface area contributed by atoms with Gasteiger partial charge in [0.2, 0.25) is 5.91 Å². The van der Waals surface area contributed by atoms with E-state index >= 15 is 0 Å². The van der Waals surface area contributed by atoms with E-state index in [9.17, 15) is 19.8 Å². The van der Waals surface area contributed by atoms with Gasteiger partial charge in [-0.05, 0) is 77.0 Å². The summed E-state index contributed by atoms with van der Waals surface area (Å²) in [6.45, 7) is 6.41. The summed E-state index contributed by atoms with van der Waals surface area (Å²) in [7, 11) is 0. The molecule has 6 heteroatoms. The number of aliphatic hydroxyl groups excluding tert-OH is 2.